The first-order chi connectivity index (χ1) is 12.0. The van der Waals surface area contributed by atoms with Crippen LogP contribution in [0, 0.1) is 12.8 Å². The largest absolute Gasteiger partial charge is 0.340 e. The van der Waals surface area contributed by atoms with Crippen LogP contribution in [0.2, 0.25) is 0 Å². The molecule has 0 spiro atoms. The molecular weight excluding hydrogens is 334 g/mol. The van der Waals surface area contributed by atoms with E-state index in [9.17, 15) is 9.59 Å². The normalized spacial score (nSPS) is 22.2. The molecule has 0 N–H and O–H groups in total. The number of amides is 2. The fourth-order valence-corrected chi connectivity index (χ4v) is 4.65. The zero-order valence-corrected chi connectivity index (χ0v) is 16.2. The molecule has 1 aromatic rings. The number of aryl methyl sites for hydroxylation is 1. The van der Waals surface area contributed by atoms with Gasteiger partial charge in [0.25, 0.3) is 5.91 Å². The van der Waals surface area contributed by atoms with Crippen molar-refractivity contribution in [1.29, 1.82) is 0 Å². The van der Waals surface area contributed by atoms with E-state index in [1.54, 1.807) is 0 Å². The van der Waals surface area contributed by atoms with Gasteiger partial charge >= 0.3 is 0 Å². The number of nitrogens with zero attached hydrogens (tertiary/aromatic N) is 3. The minimum atomic E-state index is 0.169. The number of piperidine rings is 1. The number of thiophene rings is 1. The summed E-state index contributed by atoms with van der Waals surface area (Å²) in [7, 11) is 2.10. The Morgan fingerprint density at radius 3 is 2.60 bits per heavy atom. The Morgan fingerprint density at radius 2 is 1.92 bits per heavy atom. The molecule has 138 valence electrons. The molecule has 1 atom stereocenters. The lowest BCUT2D eigenvalue weighted by molar-refractivity contribution is -0.133. The van der Waals surface area contributed by atoms with Crippen LogP contribution in [0.25, 0.3) is 0 Å². The van der Waals surface area contributed by atoms with E-state index in [4.69, 9.17) is 0 Å². The molecule has 3 rings (SSSR count). The summed E-state index contributed by atoms with van der Waals surface area (Å²) in [5.41, 5.74) is 1.07. The third-order valence-electron chi connectivity index (χ3n) is 5.48. The molecule has 2 saturated heterocycles. The third-order valence-corrected chi connectivity index (χ3v) is 6.49. The van der Waals surface area contributed by atoms with Gasteiger partial charge in [0.2, 0.25) is 5.91 Å². The molecule has 0 bridgehead atoms. The predicted octanol–water partition coefficient (Wildman–Crippen LogP) is 2.46. The zero-order valence-electron chi connectivity index (χ0n) is 15.4. The fraction of sp³-hybridized carbons (Fsp3) is 0.684. The lowest BCUT2D eigenvalue weighted by Crippen LogP contribution is -2.47. The molecule has 2 aliphatic heterocycles. The summed E-state index contributed by atoms with van der Waals surface area (Å²) in [6.45, 7) is 7.28. The first-order valence-corrected chi connectivity index (χ1v) is 10.2. The average molecular weight is 364 g/mol. The van der Waals surface area contributed by atoms with Crippen molar-refractivity contribution in [2.24, 2.45) is 5.92 Å². The smallest absolute Gasteiger partial charge is 0.264 e. The lowest BCUT2D eigenvalue weighted by Gasteiger charge is -2.34. The van der Waals surface area contributed by atoms with Gasteiger partial charge in [0.05, 0.1) is 4.88 Å². The van der Waals surface area contributed by atoms with E-state index in [2.05, 4.69) is 11.9 Å². The number of hydrogen-bond donors (Lipinski definition) is 0. The first kappa shape index (κ1) is 18.4. The van der Waals surface area contributed by atoms with Crippen LogP contribution in [0.15, 0.2) is 11.4 Å². The highest BCUT2D eigenvalue weighted by Gasteiger charge is 2.27. The van der Waals surface area contributed by atoms with Crippen molar-refractivity contribution in [2.75, 3.05) is 46.3 Å². The summed E-state index contributed by atoms with van der Waals surface area (Å²) >= 11 is 1.53. The molecule has 0 radical (unpaired) electrons. The molecule has 2 fully saturated rings. The molecule has 0 saturated carbocycles. The van der Waals surface area contributed by atoms with E-state index >= 15 is 0 Å². The molecule has 2 aliphatic rings. The summed E-state index contributed by atoms with van der Waals surface area (Å²) in [5, 5.41) is 1.98. The summed E-state index contributed by atoms with van der Waals surface area (Å²) in [6.07, 6.45) is 3.69. The van der Waals surface area contributed by atoms with Gasteiger partial charge in [0.15, 0.2) is 0 Å². The Balaban J connectivity index is 1.48. The number of hydrogen-bond acceptors (Lipinski definition) is 4. The maximum Gasteiger partial charge on any atom is 0.264 e. The standard InChI is InChI=1S/C19H29N3O2S/c1-15-7-13-25-18(15)19(24)22-8-3-4-16(14-22)5-6-17(23)21-11-9-20(2)10-12-21/h7,13,16H,3-6,8-12,14H2,1-2H3. The molecule has 0 aliphatic carbocycles. The number of likely N-dealkylation sites (tertiary alicyclic amines) is 1. The summed E-state index contributed by atoms with van der Waals surface area (Å²) in [6, 6.07) is 2.01. The molecule has 1 aromatic heterocycles. The second-order valence-corrected chi connectivity index (χ2v) is 8.33. The van der Waals surface area contributed by atoms with Crippen LogP contribution in [0.1, 0.15) is 40.9 Å². The van der Waals surface area contributed by atoms with Crippen molar-refractivity contribution >= 4 is 23.2 Å². The summed E-state index contributed by atoms with van der Waals surface area (Å²) in [5.74, 6) is 0.905. The minimum absolute atomic E-state index is 0.169. The molecule has 3 heterocycles. The molecule has 2 amide bonds. The van der Waals surface area contributed by atoms with Crippen molar-refractivity contribution in [3.05, 3.63) is 21.9 Å². The number of piperazine rings is 1. The van der Waals surface area contributed by atoms with Crippen LogP contribution in [0.4, 0.5) is 0 Å². The van der Waals surface area contributed by atoms with Crippen LogP contribution >= 0.6 is 11.3 Å². The Morgan fingerprint density at radius 1 is 1.16 bits per heavy atom. The van der Waals surface area contributed by atoms with Gasteiger partial charge in [-0.25, -0.2) is 0 Å². The number of carbonyl (C=O) groups excluding carboxylic acids is 2. The van der Waals surface area contributed by atoms with Gasteiger partial charge in [-0.05, 0) is 56.2 Å². The summed E-state index contributed by atoms with van der Waals surface area (Å²) in [4.78, 5) is 32.3. The minimum Gasteiger partial charge on any atom is -0.340 e. The first-order valence-electron chi connectivity index (χ1n) is 9.34. The monoisotopic (exact) mass is 363 g/mol. The Kier molecular flexibility index (Phi) is 6.12. The van der Waals surface area contributed by atoms with Crippen molar-refractivity contribution in [1.82, 2.24) is 14.7 Å². The molecule has 25 heavy (non-hydrogen) atoms. The quantitative estimate of drug-likeness (QED) is 0.825. The van der Waals surface area contributed by atoms with E-state index in [-0.39, 0.29) is 11.8 Å². The van der Waals surface area contributed by atoms with Crippen molar-refractivity contribution in [2.45, 2.75) is 32.6 Å². The van der Waals surface area contributed by atoms with Gasteiger partial charge in [-0.3, -0.25) is 9.59 Å². The van der Waals surface area contributed by atoms with Gasteiger partial charge in [-0.2, -0.15) is 0 Å². The average Bonchev–Trinajstić information content (AvgIpc) is 3.06. The molecule has 5 nitrogen and oxygen atoms in total. The second-order valence-electron chi connectivity index (χ2n) is 7.41. The highest BCUT2D eigenvalue weighted by Crippen LogP contribution is 2.25. The van der Waals surface area contributed by atoms with Gasteiger partial charge in [0, 0.05) is 45.7 Å². The van der Waals surface area contributed by atoms with E-state index in [1.807, 2.05) is 28.2 Å². The highest BCUT2D eigenvalue weighted by molar-refractivity contribution is 7.12. The molecule has 6 heteroatoms. The summed E-state index contributed by atoms with van der Waals surface area (Å²) < 4.78 is 0. The van der Waals surface area contributed by atoms with Crippen LogP contribution in [-0.4, -0.2) is 72.8 Å². The Hall–Kier alpha value is -1.40. The van der Waals surface area contributed by atoms with Gasteiger partial charge in [-0.1, -0.05) is 0 Å². The fourth-order valence-electron chi connectivity index (χ4n) is 3.76. The third kappa shape index (κ3) is 4.61. The number of rotatable bonds is 4. The van der Waals surface area contributed by atoms with Crippen molar-refractivity contribution < 1.29 is 9.59 Å². The molecule has 1 unspecified atom stereocenters. The second kappa shape index (κ2) is 8.32. The predicted molar refractivity (Wildman–Crippen MR) is 101 cm³/mol. The Labute approximate surface area is 154 Å². The van der Waals surface area contributed by atoms with Gasteiger partial charge in [0.1, 0.15) is 0 Å². The van der Waals surface area contributed by atoms with Crippen molar-refractivity contribution in [3.63, 3.8) is 0 Å². The number of carbonyl (C=O) groups is 2. The topological polar surface area (TPSA) is 43.9 Å². The zero-order chi connectivity index (χ0) is 17.8. The van der Waals surface area contributed by atoms with Crippen LogP contribution in [-0.2, 0) is 4.79 Å². The SMILES string of the molecule is Cc1ccsc1C(=O)N1CCCC(CCC(=O)N2CCN(C)CC2)C1. The van der Waals surface area contributed by atoms with E-state index in [1.165, 1.54) is 11.3 Å². The highest BCUT2D eigenvalue weighted by atomic mass is 32.1. The Bertz CT molecular complexity index is 608. The number of likely N-dealkylation sites (N-methyl/N-ethyl adjacent to an activating group) is 1. The lowest BCUT2D eigenvalue weighted by atomic mass is 9.93. The van der Waals surface area contributed by atoms with Gasteiger partial charge < -0.3 is 14.7 Å². The van der Waals surface area contributed by atoms with E-state index in [0.29, 0.717) is 12.3 Å². The maximum absolute atomic E-state index is 12.7. The molecule has 0 aromatic carbocycles. The molecular formula is C19H29N3O2S. The van der Waals surface area contributed by atoms with Crippen LogP contribution in [0.5, 0.6) is 0 Å². The van der Waals surface area contributed by atoms with Crippen LogP contribution in [0.3, 0.4) is 0 Å². The van der Waals surface area contributed by atoms with E-state index < -0.39 is 0 Å². The van der Waals surface area contributed by atoms with Gasteiger partial charge in [-0.15, -0.1) is 11.3 Å². The van der Waals surface area contributed by atoms with Crippen molar-refractivity contribution in [3.8, 4) is 0 Å². The van der Waals surface area contributed by atoms with E-state index in [0.717, 1.165) is 69.0 Å². The maximum atomic E-state index is 12.7. The van der Waals surface area contributed by atoms with Crippen LogP contribution < -0.4 is 0 Å².